The van der Waals surface area contributed by atoms with Gasteiger partial charge in [0.05, 0.1) is 25.5 Å². The molecule has 0 aliphatic carbocycles. The van der Waals surface area contributed by atoms with E-state index in [-0.39, 0.29) is 36.7 Å². The quantitative estimate of drug-likeness (QED) is 0.521. The lowest BCUT2D eigenvalue weighted by Gasteiger charge is -2.19. The second kappa shape index (κ2) is 9.49. The van der Waals surface area contributed by atoms with Gasteiger partial charge in [-0.3, -0.25) is 9.59 Å². The first-order chi connectivity index (χ1) is 13.7. The number of nitrogens with one attached hydrogen (secondary N) is 1. The fraction of sp³-hybridized carbons (Fsp3) is 0.450. The monoisotopic (exact) mass is 411 g/mol. The Morgan fingerprint density at radius 1 is 1.28 bits per heavy atom. The van der Waals surface area contributed by atoms with E-state index in [0.29, 0.717) is 28.9 Å². The van der Waals surface area contributed by atoms with Crippen LogP contribution in [0.5, 0.6) is 5.75 Å². The number of amides is 1. The van der Waals surface area contributed by atoms with Crippen molar-refractivity contribution in [1.29, 1.82) is 0 Å². The Hall–Kier alpha value is -2.97. The van der Waals surface area contributed by atoms with Gasteiger partial charge in [-0.1, -0.05) is 11.6 Å². The highest BCUT2D eigenvalue weighted by Gasteiger charge is 2.33. The molecule has 1 aromatic carbocycles. The minimum atomic E-state index is -3.25. The van der Waals surface area contributed by atoms with Gasteiger partial charge in [0.15, 0.2) is 0 Å². The first-order valence-electron chi connectivity index (χ1n) is 8.92. The Bertz CT molecular complexity index is 863. The Morgan fingerprint density at radius 3 is 2.55 bits per heavy atom. The molecule has 0 unspecified atom stereocenters. The summed E-state index contributed by atoms with van der Waals surface area (Å²) in [6.45, 7) is 3.51. The van der Waals surface area contributed by atoms with Crippen molar-refractivity contribution < 1.29 is 37.4 Å². The maximum absolute atomic E-state index is 12.9. The third-order valence-electron chi connectivity index (χ3n) is 4.73. The summed E-state index contributed by atoms with van der Waals surface area (Å²) in [5, 5.41) is 2.15. The lowest BCUT2D eigenvalue weighted by Crippen LogP contribution is -2.23. The van der Waals surface area contributed by atoms with Crippen molar-refractivity contribution in [2.45, 2.75) is 46.1 Å². The van der Waals surface area contributed by atoms with Gasteiger partial charge < -0.3 is 19.5 Å². The summed E-state index contributed by atoms with van der Waals surface area (Å²) in [4.78, 5) is 35.2. The summed E-state index contributed by atoms with van der Waals surface area (Å²) < 4.78 is 40.8. The van der Waals surface area contributed by atoms with E-state index >= 15 is 0 Å². The number of anilines is 1. The van der Waals surface area contributed by atoms with Crippen LogP contribution >= 0.6 is 0 Å². The zero-order valence-electron chi connectivity index (χ0n) is 16.7. The van der Waals surface area contributed by atoms with Crippen molar-refractivity contribution >= 4 is 23.5 Å². The molecule has 0 bridgehead atoms. The van der Waals surface area contributed by atoms with Gasteiger partial charge in [-0.15, -0.1) is 0 Å². The van der Waals surface area contributed by atoms with Gasteiger partial charge in [0.2, 0.25) is 0 Å². The Morgan fingerprint density at radius 2 is 1.97 bits per heavy atom. The average Bonchev–Trinajstić information content (AvgIpc) is 3.08. The van der Waals surface area contributed by atoms with Crippen molar-refractivity contribution in [3.8, 4) is 5.75 Å². The van der Waals surface area contributed by atoms with E-state index < -0.39 is 18.3 Å². The van der Waals surface area contributed by atoms with Crippen LogP contribution in [0.15, 0.2) is 11.6 Å². The van der Waals surface area contributed by atoms with Crippen LogP contribution in [-0.4, -0.2) is 38.5 Å². The smallest absolute Gasteiger partial charge is 0.341 e. The second-order valence-corrected chi connectivity index (χ2v) is 6.56. The van der Waals surface area contributed by atoms with Crippen LogP contribution in [0.25, 0.3) is 0 Å². The lowest BCUT2D eigenvalue weighted by molar-refractivity contribution is -0.140. The number of esters is 2. The Balaban J connectivity index is 2.49. The summed E-state index contributed by atoms with van der Waals surface area (Å²) in [5.41, 5.74) is 2.39. The minimum absolute atomic E-state index is 0.0256. The van der Waals surface area contributed by atoms with E-state index in [4.69, 9.17) is 9.47 Å². The van der Waals surface area contributed by atoms with Gasteiger partial charge in [-0.2, -0.15) is 8.78 Å². The molecular formula is C20H23F2NO6. The molecule has 1 amide bonds. The maximum atomic E-state index is 12.9. The molecule has 1 heterocycles. The molecule has 1 aromatic rings. The number of alkyl halides is 2. The average molecular weight is 411 g/mol. The van der Waals surface area contributed by atoms with Gasteiger partial charge in [-0.25, -0.2) is 4.79 Å². The number of halogens is 2. The molecule has 0 radical (unpaired) electrons. The molecule has 0 spiro atoms. The van der Waals surface area contributed by atoms with E-state index in [2.05, 4.69) is 10.1 Å². The first kappa shape index (κ1) is 22.3. The van der Waals surface area contributed by atoms with Crippen molar-refractivity contribution in [2.75, 3.05) is 19.5 Å². The largest absolute Gasteiger partial charge is 0.496 e. The van der Waals surface area contributed by atoms with Crippen molar-refractivity contribution in [3.63, 3.8) is 0 Å². The van der Waals surface area contributed by atoms with E-state index in [1.165, 1.54) is 14.2 Å². The molecular weight excluding hydrogens is 388 g/mol. The number of hydrogen-bond acceptors (Lipinski definition) is 6. The van der Waals surface area contributed by atoms with E-state index in [0.717, 1.165) is 5.57 Å². The zero-order chi connectivity index (χ0) is 21.7. The number of benzene rings is 1. The Labute approximate surface area is 167 Å². The molecule has 2 rings (SSSR count). The maximum Gasteiger partial charge on any atom is 0.341 e. The number of cyclic esters (lactones) is 1. The topological polar surface area (TPSA) is 90.9 Å². The van der Waals surface area contributed by atoms with Crippen LogP contribution in [0, 0.1) is 6.92 Å². The SMILES string of the molecule is COC(=O)CC/C(C)=C/Cc1c(NC(=O)C(F)F)c2c(c(C)c1OC)COC2=O. The summed E-state index contributed by atoms with van der Waals surface area (Å²) >= 11 is 0. The molecule has 1 aliphatic rings. The third kappa shape index (κ3) is 4.90. The van der Waals surface area contributed by atoms with Crippen LogP contribution in [0.2, 0.25) is 0 Å². The van der Waals surface area contributed by atoms with Crippen LogP contribution in [0.3, 0.4) is 0 Å². The van der Waals surface area contributed by atoms with E-state index in [1.54, 1.807) is 19.9 Å². The van der Waals surface area contributed by atoms with Crippen LogP contribution < -0.4 is 10.1 Å². The number of rotatable bonds is 8. The predicted molar refractivity (Wildman–Crippen MR) is 100 cm³/mol. The summed E-state index contributed by atoms with van der Waals surface area (Å²) in [6, 6.07) is 0. The molecule has 0 fully saturated rings. The number of ether oxygens (including phenoxy) is 3. The molecule has 0 saturated carbocycles. The normalized spacial score (nSPS) is 13.2. The van der Waals surface area contributed by atoms with Crippen molar-refractivity contribution in [3.05, 3.63) is 33.9 Å². The second-order valence-electron chi connectivity index (χ2n) is 6.56. The van der Waals surface area contributed by atoms with Gasteiger partial charge in [0.1, 0.15) is 12.4 Å². The number of methoxy groups -OCH3 is 2. The van der Waals surface area contributed by atoms with Gasteiger partial charge in [-0.05, 0) is 32.3 Å². The standard InChI is InChI=1S/C20H23F2NO6/c1-10(6-8-14(24)27-3)5-7-12-16(23-19(25)18(21)22)15-13(9-29-20(15)26)11(2)17(12)28-4/h5,18H,6-9H2,1-4H3,(H,23,25)/b10-5+. The fourth-order valence-corrected chi connectivity index (χ4v) is 3.15. The summed E-state index contributed by atoms with van der Waals surface area (Å²) in [6.07, 6.45) is -0.637. The van der Waals surface area contributed by atoms with E-state index in [1.807, 2.05) is 0 Å². The lowest BCUT2D eigenvalue weighted by atomic mass is 9.93. The first-order valence-corrected chi connectivity index (χ1v) is 8.92. The molecule has 0 atom stereocenters. The molecule has 0 saturated heterocycles. The van der Waals surface area contributed by atoms with Gasteiger partial charge >= 0.3 is 18.4 Å². The number of hydrogen-bond donors (Lipinski definition) is 1. The summed E-state index contributed by atoms with van der Waals surface area (Å²) in [7, 11) is 2.72. The summed E-state index contributed by atoms with van der Waals surface area (Å²) in [5.74, 6) is -2.19. The van der Waals surface area contributed by atoms with Gasteiger partial charge in [0.25, 0.3) is 5.91 Å². The molecule has 0 aromatic heterocycles. The number of carbonyl (C=O) groups excluding carboxylic acids is 3. The Kier molecular flexibility index (Phi) is 7.30. The third-order valence-corrected chi connectivity index (χ3v) is 4.73. The van der Waals surface area contributed by atoms with Crippen molar-refractivity contribution in [1.82, 2.24) is 0 Å². The minimum Gasteiger partial charge on any atom is -0.496 e. The number of allylic oxidation sites excluding steroid dienone is 2. The number of carbonyl (C=O) groups is 3. The molecule has 7 nitrogen and oxygen atoms in total. The van der Waals surface area contributed by atoms with Crippen LogP contribution in [0.1, 0.15) is 46.8 Å². The fourth-order valence-electron chi connectivity index (χ4n) is 3.15. The van der Waals surface area contributed by atoms with Crippen LogP contribution in [-0.2, 0) is 32.1 Å². The molecule has 158 valence electrons. The number of fused-ring (bicyclic) bond motifs is 1. The highest BCUT2D eigenvalue weighted by Crippen LogP contribution is 2.41. The zero-order valence-corrected chi connectivity index (χ0v) is 16.7. The highest BCUT2D eigenvalue weighted by molar-refractivity contribution is 6.06. The van der Waals surface area contributed by atoms with Crippen LogP contribution in [0.4, 0.5) is 14.5 Å². The van der Waals surface area contributed by atoms with Gasteiger partial charge in [0, 0.05) is 17.5 Å². The molecule has 9 heteroatoms. The predicted octanol–water partition coefficient (Wildman–Crippen LogP) is 3.32. The highest BCUT2D eigenvalue weighted by atomic mass is 19.3. The van der Waals surface area contributed by atoms with Crippen molar-refractivity contribution in [2.24, 2.45) is 0 Å². The van der Waals surface area contributed by atoms with E-state index in [9.17, 15) is 23.2 Å². The molecule has 29 heavy (non-hydrogen) atoms. The molecule has 1 aliphatic heterocycles. The molecule has 1 N–H and O–H groups in total.